The van der Waals surface area contributed by atoms with Crippen LogP contribution in [0.3, 0.4) is 0 Å². The van der Waals surface area contributed by atoms with Crippen molar-refractivity contribution < 1.29 is 4.74 Å². The maximum Gasteiger partial charge on any atom is 0.119 e. The predicted molar refractivity (Wildman–Crippen MR) is 86.3 cm³/mol. The molecule has 1 N–H and O–H groups in total. The van der Waals surface area contributed by atoms with Crippen LogP contribution in [0.25, 0.3) is 10.8 Å². The molecule has 0 amide bonds. The monoisotopic (exact) mass is 271 g/mol. The first-order valence-corrected chi connectivity index (χ1v) is 7.38. The average Bonchev–Trinajstić information content (AvgIpc) is 2.43. The second-order valence-electron chi connectivity index (χ2n) is 5.96. The Morgan fingerprint density at radius 3 is 2.40 bits per heavy atom. The van der Waals surface area contributed by atoms with Crippen LogP contribution in [-0.4, -0.2) is 13.2 Å². The molecule has 0 radical (unpaired) electrons. The van der Waals surface area contributed by atoms with Crippen molar-refractivity contribution >= 4 is 10.8 Å². The molecule has 2 rings (SSSR count). The van der Waals surface area contributed by atoms with Crippen molar-refractivity contribution in [3.05, 3.63) is 42.0 Å². The van der Waals surface area contributed by atoms with E-state index < -0.39 is 0 Å². The number of benzene rings is 2. The fourth-order valence-electron chi connectivity index (χ4n) is 2.59. The lowest BCUT2D eigenvalue weighted by atomic mass is 10.0. The summed E-state index contributed by atoms with van der Waals surface area (Å²) < 4.78 is 5.26. The Morgan fingerprint density at radius 1 is 1.00 bits per heavy atom. The van der Waals surface area contributed by atoms with Crippen LogP contribution in [0, 0.1) is 5.92 Å². The third kappa shape index (κ3) is 3.97. The Labute approximate surface area is 122 Å². The van der Waals surface area contributed by atoms with Crippen molar-refractivity contribution in [1.82, 2.24) is 5.32 Å². The van der Waals surface area contributed by atoms with Crippen LogP contribution in [0.2, 0.25) is 0 Å². The molecule has 0 bridgehead atoms. The van der Waals surface area contributed by atoms with Gasteiger partial charge in [-0.3, -0.25) is 0 Å². The topological polar surface area (TPSA) is 21.3 Å². The molecule has 1 atom stereocenters. The van der Waals surface area contributed by atoms with Gasteiger partial charge in [-0.15, -0.1) is 0 Å². The zero-order valence-electron chi connectivity index (χ0n) is 12.9. The Bertz CT molecular complexity index is 562. The molecule has 0 spiro atoms. The molecule has 0 aromatic heterocycles. The molecule has 0 aliphatic heterocycles. The molecular formula is C18H25NO. The van der Waals surface area contributed by atoms with Crippen LogP contribution in [0.5, 0.6) is 5.75 Å². The highest BCUT2D eigenvalue weighted by Gasteiger charge is 2.05. The summed E-state index contributed by atoms with van der Waals surface area (Å²) in [6, 6.07) is 13.4. The van der Waals surface area contributed by atoms with Crippen molar-refractivity contribution in [2.24, 2.45) is 5.92 Å². The molecule has 1 unspecified atom stereocenters. The normalized spacial score (nSPS) is 12.8. The maximum atomic E-state index is 5.26. The lowest BCUT2D eigenvalue weighted by molar-refractivity contribution is 0.415. The van der Waals surface area contributed by atoms with E-state index in [1.165, 1.54) is 22.8 Å². The second kappa shape index (κ2) is 6.76. The molecule has 0 saturated carbocycles. The Hall–Kier alpha value is -1.54. The highest BCUT2D eigenvalue weighted by Crippen LogP contribution is 2.21. The third-order valence-electron chi connectivity index (χ3n) is 3.59. The number of methoxy groups -OCH3 is 1. The van der Waals surface area contributed by atoms with Gasteiger partial charge in [0.05, 0.1) is 7.11 Å². The van der Waals surface area contributed by atoms with Crippen molar-refractivity contribution in [2.45, 2.75) is 39.8 Å². The van der Waals surface area contributed by atoms with Crippen LogP contribution in [-0.2, 0) is 6.54 Å². The molecule has 2 aromatic rings. The van der Waals surface area contributed by atoms with Gasteiger partial charge in [0.25, 0.3) is 0 Å². The third-order valence-corrected chi connectivity index (χ3v) is 3.59. The van der Waals surface area contributed by atoms with Gasteiger partial charge in [0.1, 0.15) is 5.75 Å². The summed E-state index contributed by atoms with van der Waals surface area (Å²) in [5.41, 5.74) is 1.33. The minimum Gasteiger partial charge on any atom is -0.497 e. The standard InChI is InChI=1S/C18H25NO/c1-13(2)9-14(3)19-12-15-5-6-17-11-18(20-4)8-7-16(17)10-15/h5-8,10-11,13-14,19H,9,12H2,1-4H3. The first-order valence-electron chi connectivity index (χ1n) is 7.38. The summed E-state index contributed by atoms with van der Waals surface area (Å²) in [5.74, 6) is 1.65. The quantitative estimate of drug-likeness (QED) is 0.842. The van der Waals surface area contributed by atoms with E-state index in [0.717, 1.165) is 18.2 Å². The molecule has 0 fully saturated rings. The van der Waals surface area contributed by atoms with Crippen LogP contribution in [0.15, 0.2) is 36.4 Å². The van der Waals surface area contributed by atoms with Crippen LogP contribution >= 0.6 is 0 Å². The number of rotatable bonds is 6. The summed E-state index contributed by atoms with van der Waals surface area (Å²) in [4.78, 5) is 0. The largest absolute Gasteiger partial charge is 0.497 e. The molecule has 108 valence electrons. The van der Waals surface area contributed by atoms with E-state index in [4.69, 9.17) is 4.74 Å². The first kappa shape index (κ1) is 14.9. The SMILES string of the molecule is COc1ccc2cc(CNC(C)CC(C)C)ccc2c1. The van der Waals surface area contributed by atoms with E-state index in [9.17, 15) is 0 Å². The minimum absolute atomic E-state index is 0.557. The van der Waals surface area contributed by atoms with Gasteiger partial charge in [0, 0.05) is 12.6 Å². The van der Waals surface area contributed by atoms with E-state index in [0.29, 0.717) is 6.04 Å². The van der Waals surface area contributed by atoms with E-state index >= 15 is 0 Å². The van der Waals surface area contributed by atoms with Crippen LogP contribution in [0.4, 0.5) is 0 Å². The average molecular weight is 271 g/mol. The van der Waals surface area contributed by atoms with Crippen LogP contribution < -0.4 is 10.1 Å². The van der Waals surface area contributed by atoms with E-state index in [1.807, 2.05) is 6.07 Å². The number of fused-ring (bicyclic) bond motifs is 1. The maximum absolute atomic E-state index is 5.26. The number of nitrogens with one attached hydrogen (secondary N) is 1. The first-order chi connectivity index (χ1) is 9.58. The van der Waals surface area contributed by atoms with Gasteiger partial charge in [-0.25, -0.2) is 0 Å². The molecule has 2 heteroatoms. The van der Waals surface area contributed by atoms with E-state index in [2.05, 4.69) is 56.4 Å². The summed E-state index contributed by atoms with van der Waals surface area (Å²) in [6.45, 7) is 7.71. The van der Waals surface area contributed by atoms with Gasteiger partial charge in [-0.05, 0) is 53.8 Å². The van der Waals surface area contributed by atoms with Crippen molar-refractivity contribution in [3.8, 4) is 5.75 Å². The Balaban J connectivity index is 2.04. The number of hydrogen-bond donors (Lipinski definition) is 1. The zero-order chi connectivity index (χ0) is 14.5. The lowest BCUT2D eigenvalue weighted by Crippen LogP contribution is -2.26. The summed E-state index contributed by atoms with van der Waals surface area (Å²) in [6.07, 6.45) is 1.21. The predicted octanol–water partition coefficient (Wildman–Crippen LogP) is 4.37. The second-order valence-corrected chi connectivity index (χ2v) is 5.96. The molecule has 0 saturated heterocycles. The molecule has 2 nitrogen and oxygen atoms in total. The van der Waals surface area contributed by atoms with Gasteiger partial charge < -0.3 is 10.1 Å². The molecule has 0 heterocycles. The van der Waals surface area contributed by atoms with Gasteiger partial charge in [-0.2, -0.15) is 0 Å². The summed E-state index contributed by atoms with van der Waals surface area (Å²) in [5, 5.41) is 6.08. The smallest absolute Gasteiger partial charge is 0.119 e. The fourth-order valence-corrected chi connectivity index (χ4v) is 2.59. The lowest BCUT2D eigenvalue weighted by Gasteiger charge is -2.16. The van der Waals surface area contributed by atoms with Gasteiger partial charge >= 0.3 is 0 Å². The van der Waals surface area contributed by atoms with Crippen molar-refractivity contribution in [1.29, 1.82) is 0 Å². The minimum atomic E-state index is 0.557. The zero-order valence-corrected chi connectivity index (χ0v) is 12.9. The summed E-state index contributed by atoms with van der Waals surface area (Å²) >= 11 is 0. The van der Waals surface area contributed by atoms with Gasteiger partial charge in [-0.1, -0.05) is 32.0 Å². The number of ether oxygens (including phenoxy) is 1. The molecular weight excluding hydrogens is 246 g/mol. The summed E-state index contributed by atoms with van der Waals surface area (Å²) in [7, 11) is 1.70. The molecule has 0 aliphatic rings. The molecule has 2 aromatic carbocycles. The number of hydrogen-bond acceptors (Lipinski definition) is 2. The Morgan fingerprint density at radius 2 is 1.70 bits per heavy atom. The highest BCUT2D eigenvalue weighted by molar-refractivity contribution is 5.84. The van der Waals surface area contributed by atoms with E-state index in [-0.39, 0.29) is 0 Å². The van der Waals surface area contributed by atoms with E-state index in [1.54, 1.807) is 7.11 Å². The van der Waals surface area contributed by atoms with Crippen molar-refractivity contribution in [2.75, 3.05) is 7.11 Å². The van der Waals surface area contributed by atoms with Gasteiger partial charge in [0.15, 0.2) is 0 Å². The highest BCUT2D eigenvalue weighted by atomic mass is 16.5. The fraction of sp³-hybridized carbons (Fsp3) is 0.444. The molecule has 20 heavy (non-hydrogen) atoms. The van der Waals surface area contributed by atoms with Crippen molar-refractivity contribution in [3.63, 3.8) is 0 Å². The Kier molecular flexibility index (Phi) is 5.02. The van der Waals surface area contributed by atoms with Crippen LogP contribution in [0.1, 0.15) is 32.8 Å². The van der Waals surface area contributed by atoms with Gasteiger partial charge in [0.2, 0.25) is 0 Å². The molecule has 0 aliphatic carbocycles.